The molecule has 1 saturated heterocycles. The lowest BCUT2D eigenvalue weighted by molar-refractivity contribution is -0.122. The van der Waals surface area contributed by atoms with Crippen LogP contribution in [0.1, 0.15) is 28.2 Å². The van der Waals surface area contributed by atoms with Crippen LogP contribution in [0, 0.1) is 12.8 Å². The Morgan fingerprint density at radius 1 is 1.31 bits per heavy atom. The Kier molecular flexibility index (Phi) is 5.66. The summed E-state index contributed by atoms with van der Waals surface area (Å²) >= 11 is 8.51. The van der Waals surface area contributed by atoms with Crippen LogP contribution in [0.25, 0.3) is 9.88 Å². The number of hydrogen-bond acceptors (Lipinski definition) is 7. The van der Waals surface area contributed by atoms with E-state index in [9.17, 15) is 18.0 Å². The number of thiazole rings is 1. The molecule has 1 atom stereocenters. The number of carbonyl (C=O) groups excluding carboxylic acids is 2. The maximum Gasteiger partial charge on any atom is 0.281 e. The van der Waals surface area contributed by atoms with Gasteiger partial charge in [0.05, 0.1) is 26.4 Å². The molecule has 26 heavy (non-hydrogen) atoms. The first-order chi connectivity index (χ1) is 12.2. The number of amides is 2. The van der Waals surface area contributed by atoms with Crippen LogP contribution in [-0.4, -0.2) is 36.7 Å². The van der Waals surface area contributed by atoms with Crippen molar-refractivity contribution >= 4 is 55.9 Å². The molecular weight excluding hydrogens is 418 g/mol. The van der Waals surface area contributed by atoms with E-state index in [0.717, 1.165) is 4.88 Å². The van der Waals surface area contributed by atoms with Crippen LogP contribution in [0.3, 0.4) is 0 Å². The molecule has 1 aliphatic heterocycles. The van der Waals surface area contributed by atoms with Gasteiger partial charge in [0.25, 0.3) is 5.91 Å². The number of halogens is 1. The van der Waals surface area contributed by atoms with E-state index < -0.39 is 21.7 Å². The summed E-state index contributed by atoms with van der Waals surface area (Å²) in [6.07, 6.45) is 0.546. The van der Waals surface area contributed by atoms with Crippen molar-refractivity contribution in [2.24, 2.45) is 5.92 Å². The molecule has 3 rings (SSSR count). The van der Waals surface area contributed by atoms with Crippen LogP contribution in [0.4, 0.5) is 0 Å². The molecule has 2 N–H and O–H groups in total. The van der Waals surface area contributed by atoms with Gasteiger partial charge in [-0.3, -0.25) is 20.4 Å². The number of sulfone groups is 1. The summed E-state index contributed by atoms with van der Waals surface area (Å²) in [6.45, 7) is 1.72. The van der Waals surface area contributed by atoms with Crippen molar-refractivity contribution in [3.05, 3.63) is 27.0 Å². The van der Waals surface area contributed by atoms with Crippen LogP contribution in [-0.2, 0) is 14.6 Å². The Labute approximate surface area is 163 Å². The third-order valence-electron chi connectivity index (χ3n) is 3.90. The first-order valence-corrected chi connectivity index (χ1v) is 11.6. The zero-order valence-corrected chi connectivity index (χ0v) is 16.9. The minimum absolute atomic E-state index is 0.0229. The van der Waals surface area contributed by atoms with E-state index in [1.165, 1.54) is 22.7 Å². The molecule has 2 aromatic heterocycles. The van der Waals surface area contributed by atoms with Crippen molar-refractivity contribution in [1.82, 2.24) is 15.8 Å². The summed E-state index contributed by atoms with van der Waals surface area (Å²) in [7, 11) is -3.03. The zero-order chi connectivity index (χ0) is 18.9. The fourth-order valence-electron chi connectivity index (χ4n) is 2.67. The maximum absolute atomic E-state index is 12.3. The van der Waals surface area contributed by atoms with Crippen molar-refractivity contribution < 1.29 is 18.0 Å². The molecule has 0 spiro atoms. The monoisotopic (exact) mass is 433 g/mol. The highest BCUT2D eigenvalue weighted by molar-refractivity contribution is 7.91. The number of rotatable bonds is 4. The van der Waals surface area contributed by atoms with Crippen molar-refractivity contribution in [2.75, 3.05) is 11.5 Å². The molecule has 0 radical (unpaired) electrons. The predicted octanol–water partition coefficient (Wildman–Crippen LogP) is 2.42. The highest BCUT2D eigenvalue weighted by Gasteiger charge is 2.29. The number of hydrogen-bond donors (Lipinski definition) is 2. The van der Waals surface area contributed by atoms with Gasteiger partial charge in [0.2, 0.25) is 5.91 Å². The molecule has 3 heterocycles. The van der Waals surface area contributed by atoms with Gasteiger partial charge in [-0.15, -0.1) is 22.7 Å². The molecule has 1 unspecified atom stereocenters. The average Bonchev–Trinajstić information content (AvgIpc) is 3.24. The highest BCUT2D eigenvalue weighted by Crippen LogP contribution is 2.34. The molecule has 7 nitrogen and oxygen atoms in total. The Balaban J connectivity index is 1.57. The Morgan fingerprint density at radius 2 is 2.08 bits per heavy atom. The first-order valence-electron chi connectivity index (χ1n) is 7.76. The summed E-state index contributed by atoms with van der Waals surface area (Å²) in [5.41, 5.74) is 5.27. The van der Waals surface area contributed by atoms with E-state index in [2.05, 4.69) is 15.8 Å². The summed E-state index contributed by atoms with van der Waals surface area (Å²) in [6, 6.07) is 3.60. The lowest BCUT2D eigenvalue weighted by Gasteiger charge is -2.09. The van der Waals surface area contributed by atoms with E-state index >= 15 is 0 Å². The number of aromatic nitrogens is 1. The van der Waals surface area contributed by atoms with Gasteiger partial charge in [-0.2, -0.15) is 0 Å². The van der Waals surface area contributed by atoms with E-state index in [0.29, 0.717) is 26.3 Å². The van der Waals surface area contributed by atoms with Gasteiger partial charge >= 0.3 is 0 Å². The van der Waals surface area contributed by atoms with Gasteiger partial charge in [-0.05, 0) is 31.4 Å². The van der Waals surface area contributed by atoms with Crippen molar-refractivity contribution in [1.29, 1.82) is 0 Å². The van der Waals surface area contributed by atoms with Crippen molar-refractivity contribution in [3.63, 3.8) is 0 Å². The van der Waals surface area contributed by atoms with E-state index in [-0.39, 0.29) is 23.8 Å². The number of aryl methyl sites for hydroxylation is 1. The second kappa shape index (κ2) is 7.63. The molecule has 0 aliphatic carbocycles. The topological polar surface area (TPSA) is 105 Å². The van der Waals surface area contributed by atoms with Gasteiger partial charge in [-0.25, -0.2) is 13.4 Å². The van der Waals surface area contributed by atoms with Crippen molar-refractivity contribution in [2.45, 2.75) is 19.8 Å². The number of thiophene rings is 1. The largest absolute Gasteiger partial charge is 0.281 e. The summed E-state index contributed by atoms with van der Waals surface area (Å²) < 4.78 is 23.5. The predicted molar refractivity (Wildman–Crippen MR) is 102 cm³/mol. The molecule has 1 aliphatic rings. The van der Waals surface area contributed by atoms with Gasteiger partial charge in [0, 0.05) is 6.42 Å². The van der Waals surface area contributed by atoms with Crippen LogP contribution >= 0.6 is 34.3 Å². The first kappa shape index (κ1) is 19.3. The Morgan fingerprint density at radius 3 is 2.69 bits per heavy atom. The molecule has 0 saturated carbocycles. The van der Waals surface area contributed by atoms with Gasteiger partial charge in [0.15, 0.2) is 9.84 Å². The normalized spacial score (nSPS) is 18.6. The van der Waals surface area contributed by atoms with E-state index in [1.807, 2.05) is 6.07 Å². The van der Waals surface area contributed by atoms with Gasteiger partial charge < -0.3 is 0 Å². The zero-order valence-electron chi connectivity index (χ0n) is 13.7. The van der Waals surface area contributed by atoms with E-state index in [1.54, 1.807) is 13.0 Å². The minimum Gasteiger partial charge on any atom is -0.273 e. The van der Waals surface area contributed by atoms with E-state index in [4.69, 9.17) is 11.6 Å². The average molecular weight is 434 g/mol. The third-order valence-corrected chi connectivity index (χ3v) is 8.30. The standard InChI is InChI=1S/C15H16ClN3O4S3/c1-8-13(25-15(17-8)10-2-3-11(16)24-10)14(21)19-18-12(20)6-9-4-5-26(22,23)7-9/h2-3,9H,4-7H2,1H3,(H,18,20)(H,19,21). The number of nitrogens with zero attached hydrogens (tertiary/aromatic N) is 1. The smallest absolute Gasteiger partial charge is 0.273 e. The lowest BCUT2D eigenvalue weighted by atomic mass is 10.1. The molecule has 2 amide bonds. The fraction of sp³-hybridized carbons (Fsp3) is 0.400. The molecule has 1 fully saturated rings. The molecule has 0 bridgehead atoms. The maximum atomic E-state index is 12.3. The summed E-state index contributed by atoms with van der Waals surface area (Å²) in [4.78, 5) is 29.8. The second-order valence-electron chi connectivity index (χ2n) is 6.01. The van der Waals surface area contributed by atoms with Crippen LogP contribution < -0.4 is 10.9 Å². The second-order valence-corrected chi connectivity index (χ2v) is 11.0. The molecule has 2 aromatic rings. The van der Waals surface area contributed by atoms with Crippen molar-refractivity contribution in [3.8, 4) is 9.88 Å². The SMILES string of the molecule is Cc1nc(-c2ccc(Cl)s2)sc1C(=O)NNC(=O)CC1CCS(=O)(=O)C1. The summed E-state index contributed by atoms with van der Waals surface area (Å²) in [5, 5.41) is 0.687. The highest BCUT2D eigenvalue weighted by atomic mass is 35.5. The lowest BCUT2D eigenvalue weighted by Crippen LogP contribution is -2.42. The fourth-order valence-corrected chi connectivity index (χ4v) is 6.59. The molecule has 11 heteroatoms. The molecule has 140 valence electrons. The number of nitrogens with one attached hydrogen (secondary N) is 2. The van der Waals surface area contributed by atoms with Crippen LogP contribution in [0.5, 0.6) is 0 Å². The molecule has 0 aromatic carbocycles. The third kappa shape index (κ3) is 4.61. The number of hydrazine groups is 1. The van der Waals surface area contributed by atoms with Crippen LogP contribution in [0.2, 0.25) is 4.34 Å². The Hall–Kier alpha value is -1.49. The van der Waals surface area contributed by atoms with Crippen LogP contribution in [0.15, 0.2) is 12.1 Å². The number of carbonyl (C=O) groups is 2. The quantitative estimate of drug-likeness (QED) is 0.720. The van der Waals surface area contributed by atoms with Gasteiger partial charge in [0.1, 0.15) is 9.88 Å². The molecular formula is C15H16ClN3O4S3. The van der Waals surface area contributed by atoms with Gasteiger partial charge in [-0.1, -0.05) is 11.6 Å². The minimum atomic E-state index is -3.03. The summed E-state index contributed by atoms with van der Waals surface area (Å²) in [5.74, 6) is -0.923. The Bertz CT molecular complexity index is 951.